The number of carbonyl (C=O) groups is 1. The number of benzene rings is 2. The van der Waals surface area contributed by atoms with Crippen LogP contribution in [0.4, 0.5) is 0 Å². The number of carbonyl (C=O) groups excluding carboxylic acids is 1. The summed E-state index contributed by atoms with van der Waals surface area (Å²) in [5.74, 6) is -0.482. The van der Waals surface area contributed by atoms with Gasteiger partial charge in [0.05, 0.1) is 17.6 Å². The monoisotopic (exact) mass is 464 g/mol. The smallest absolute Gasteiger partial charge is 0.245 e. The van der Waals surface area contributed by atoms with Crippen molar-refractivity contribution in [1.82, 2.24) is 18.4 Å². The Hall–Kier alpha value is -2.07. The van der Waals surface area contributed by atoms with Crippen molar-refractivity contribution in [2.24, 2.45) is 5.92 Å². The van der Waals surface area contributed by atoms with Gasteiger partial charge >= 0.3 is 0 Å². The second-order valence-corrected chi connectivity index (χ2v) is 10.1. The Morgan fingerprint density at radius 2 is 2.00 bits per heavy atom. The van der Waals surface area contributed by atoms with Crippen molar-refractivity contribution < 1.29 is 13.2 Å². The van der Waals surface area contributed by atoms with Crippen LogP contribution in [0.3, 0.4) is 0 Å². The SMILES string of the molecule is O=C(NCCc1ccc(Cl)cc1)[C@@H]1CCCN(S(=O)(=O)c2cccc3nsnc23)C1. The maximum Gasteiger partial charge on any atom is 0.245 e. The van der Waals surface area contributed by atoms with E-state index in [0.717, 1.165) is 17.3 Å². The minimum Gasteiger partial charge on any atom is -0.355 e. The number of nitrogens with zero attached hydrogens (tertiary/aromatic N) is 3. The topological polar surface area (TPSA) is 92.3 Å². The number of rotatable bonds is 6. The van der Waals surface area contributed by atoms with Gasteiger partial charge in [0.15, 0.2) is 0 Å². The van der Waals surface area contributed by atoms with E-state index in [9.17, 15) is 13.2 Å². The predicted molar refractivity (Wildman–Crippen MR) is 117 cm³/mol. The first kappa shape index (κ1) is 21.2. The van der Waals surface area contributed by atoms with Crippen molar-refractivity contribution in [2.45, 2.75) is 24.2 Å². The Morgan fingerprint density at radius 1 is 1.20 bits per heavy atom. The molecule has 0 bridgehead atoms. The number of halogens is 1. The third-order valence-corrected chi connectivity index (χ3v) is 7.94. The van der Waals surface area contributed by atoms with E-state index in [1.54, 1.807) is 18.2 Å². The first-order chi connectivity index (χ1) is 14.4. The molecule has 1 aliphatic heterocycles. The van der Waals surface area contributed by atoms with Crippen LogP contribution in [0.15, 0.2) is 47.4 Å². The fourth-order valence-electron chi connectivity index (χ4n) is 3.63. The Bertz CT molecular complexity index is 1150. The lowest BCUT2D eigenvalue weighted by Crippen LogP contribution is -2.45. The number of hydrogen-bond acceptors (Lipinski definition) is 6. The first-order valence-electron chi connectivity index (χ1n) is 9.69. The minimum absolute atomic E-state index is 0.114. The Labute approximate surface area is 184 Å². The number of piperidine rings is 1. The number of aromatic nitrogens is 2. The van der Waals surface area contributed by atoms with Crippen LogP contribution in [-0.4, -0.2) is 47.0 Å². The highest BCUT2D eigenvalue weighted by Gasteiger charge is 2.34. The summed E-state index contributed by atoms with van der Waals surface area (Å²) >= 11 is 6.88. The Balaban J connectivity index is 1.40. The molecule has 1 atom stereocenters. The van der Waals surface area contributed by atoms with E-state index in [-0.39, 0.29) is 23.3 Å². The third-order valence-electron chi connectivity index (χ3n) is 5.25. The largest absolute Gasteiger partial charge is 0.355 e. The zero-order chi connectivity index (χ0) is 21.1. The van der Waals surface area contributed by atoms with Crippen LogP contribution in [-0.2, 0) is 21.2 Å². The molecule has 0 unspecified atom stereocenters. The lowest BCUT2D eigenvalue weighted by Gasteiger charge is -2.31. The molecule has 0 spiro atoms. The molecule has 4 rings (SSSR count). The highest BCUT2D eigenvalue weighted by atomic mass is 35.5. The lowest BCUT2D eigenvalue weighted by atomic mass is 9.99. The average molecular weight is 465 g/mol. The van der Waals surface area contributed by atoms with Gasteiger partial charge < -0.3 is 5.32 Å². The van der Waals surface area contributed by atoms with E-state index in [4.69, 9.17) is 11.6 Å². The van der Waals surface area contributed by atoms with Gasteiger partial charge in [0.25, 0.3) is 0 Å². The summed E-state index contributed by atoms with van der Waals surface area (Å²) in [6.45, 7) is 1.06. The molecule has 0 aliphatic carbocycles. The quantitative estimate of drug-likeness (QED) is 0.605. The number of hydrogen-bond donors (Lipinski definition) is 1. The highest BCUT2D eigenvalue weighted by molar-refractivity contribution is 7.89. The molecule has 1 aromatic heterocycles. The van der Waals surface area contributed by atoms with E-state index >= 15 is 0 Å². The summed E-state index contributed by atoms with van der Waals surface area (Å²) in [6, 6.07) is 12.5. The van der Waals surface area contributed by atoms with Gasteiger partial charge in [-0.25, -0.2) is 8.42 Å². The van der Waals surface area contributed by atoms with Gasteiger partial charge in [-0.2, -0.15) is 13.1 Å². The van der Waals surface area contributed by atoms with Crippen molar-refractivity contribution in [1.29, 1.82) is 0 Å². The molecule has 30 heavy (non-hydrogen) atoms. The van der Waals surface area contributed by atoms with E-state index in [0.29, 0.717) is 48.4 Å². The van der Waals surface area contributed by atoms with Crippen molar-refractivity contribution >= 4 is 50.3 Å². The molecule has 0 saturated carbocycles. The molecule has 1 aliphatic rings. The maximum absolute atomic E-state index is 13.2. The van der Waals surface area contributed by atoms with Crippen molar-refractivity contribution in [3.05, 3.63) is 53.1 Å². The minimum atomic E-state index is -3.75. The van der Waals surface area contributed by atoms with Crippen LogP contribution >= 0.6 is 23.3 Å². The summed E-state index contributed by atoms with van der Waals surface area (Å²) in [6.07, 6.45) is 2.00. The molecule has 158 valence electrons. The van der Waals surface area contributed by atoms with Crippen LogP contribution in [0.5, 0.6) is 0 Å². The summed E-state index contributed by atoms with van der Waals surface area (Å²) in [5.41, 5.74) is 2.03. The normalized spacial score (nSPS) is 17.8. The molecular formula is C20H21ClN4O3S2. The fraction of sp³-hybridized carbons (Fsp3) is 0.350. The van der Waals surface area contributed by atoms with Gasteiger partial charge in [0.1, 0.15) is 15.9 Å². The van der Waals surface area contributed by atoms with E-state index < -0.39 is 10.0 Å². The Kier molecular flexibility index (Phi) is 6.33. The predicted octanol–water partition coefficient (Wildman–Crippen LogP) is 3.10. The zero-order valence-electron chi connectivity index (χ0n) is 16.1. The average Bonchev–Trinajstić information content (AvgIpc) is 3.24. The number of sulfonamides is 1. The molecule has 2 heterocycles. The van der Waals surface area contributed by atoms with Crippen LogP contribution < -0.4 is 5.32 Å². The van der Waals surface area contributed by atoms with Gasteiger partial charge in [-0.3, -0.25) is 4.79 Å². The van der Waals surface area contributed by atoms with Gasteiger partial charge in [-0.15, -0.1) is 0 Å². The number of fused-ring (bicyclic) bond motifs is 1. The summed E-state index contributed by atoms with van der Waals surface area (Å²) < 4.78 is 36.1. The molecule has 3 aromatic rings. The molecule has 2 aromatic carbocycles. The highest BCUT2D eigenvalue weighted by Crippen LogP contribution is 2.28. The molecule has 0 radical (unpaired) electrons. The van der Waals surface area contributed by atoms with Gasteiger partial charge in [0.2, 0.25) is 15.9 Å². The summed E-state index contributed by atoms with van der Waals surface area (Å²) in [7, 11) is -3.75. The maximum atomic E-state index is 13.2. The van der Waals surface area contributed by atoms with Gasteiger partial charge in [0, 0.05) is 24.7 Å². The molecule has 1 amide bonds. The van der Waals surface area contributed by atoms with E-state index in [2.05, 4.69) is 14.1 Å². The fourth-order valence-corrected chi connectivity index (χ4v) is 6.03. The van der Waals surface area contributed by atoms with Crippen LogP contribution in [0.1, 0.15) is 18.4 Å². The first-order valence-corrected chi connectivity index (χ1v) is 12.2. The summed E-state index contributed by atoms with van der Waals surface area (Å²) in [4.78, 5) is 12.8. The van der Waals surface area contributed by atoms with Crippen LogP contribution in [0.25, 0.3) is 11.0 Å². The molecule has 1 fully saturated rings. The number of nitrogens with one attached hydrogen (secondary N) is 1. The van der Waals surface area contributed by atoms with E-state index in [1.807, 2.05) is 24.3 Å². The molecule has 1 saturated heterocycles. The van der Waals surface area contributed by atoms with Crippen LogP contribution in [0.2, 0.25) is 5.02 Å². The second-order valence-electron chi connectivity index (χ2n) is 7.26. The van der Waals surface area contributed by atoms with Crippen molar-refractivity contribution in [3.8, 4) is 0 Å². The molecular weight excluding hydrogens is 444 g/mol. The molecule has 10 heteroatoms. The summed E-state index contributed by atoms with van der Waals surface area (Å²) in [5, 5.41) is 3.61. The third kappa shape index (κ3) is 4.49. The van der Waals surface area contributed by atoms with E-state index in [1.165, 1.54) is 4.31 Å². The zero-order valence-corrected chi connectivity index (χ0v) is 18.5. The Morgan fingerprint density at radius 3 is 2.80 bits per heavy atom. The van der Waals surface area contributed by atoms with Gasteiger partial charge in [-0.05, 0) is 49.1 Å². The van der Waals surface area contributed by atoms with Crippen molar-refractivity contribution in [2.75, 3.05) is 19.6 Å². The standard InChI is InChI=1S/C20H21ClN4O3S2/c21-16-8-6-14(7-9-16)10-11-22-20(26)15-3-2-12-25(13-15)30(27,28)18-5-1-4-17-19(18)24-29-23-17/h1,4-9,15H,2-3,10-13H2,(H,22,26)/t15-/m1/s1. The van der Waals surface area contributed by atoms with Gasteiger partial charge in [-0.1, -0.05) is 29.8 Å². The second kappa shape index (κ2) is 8.97. The molecule has 7 nitrogen and oxygen atoms in total. The van der Waals surface area contributed by atoms with Crippen LogP contribution in [0, 0.1) is 5.92 Å². The lowest BCUT2D eigenvalue weighted by molar-refractivity contribution is -0.126. The molecule has 1 N–H and O–H groups in total. The van der Waals surface area contributed by atoms with Crippen molar-refractivity contribution in [3.63, 3.8) is 0 Å². The number of amides is 1.